The maximum atomic E-state index is 5.51. The lowest BCUT2D eigenvalue weighted by Crippen LogP contribution is -2.48. The van der Waals surface area contributed by atoms with E-state index in [0.717, 1.165) is 17.9 Å². The third kappa shape index (κ3) is 8.07. The molecule has 0 unspecified atom stereocenters. The molecule has 2 N–H and O–H groups in total. The van der Waals surface area contributed by atoms with Gasteiger partial charge in [0.05, 0.1) is 6.61 Å². The Morgan fingerprint density at radius 1 is 1.27 bits per heavy atom. The first kappa shape index (κ1) is 23.0. The molecule has 1 aliphatic rings. The molecule has 1 aromatic heterocycles. The molecule has 1 aromatic rings. The van der Waals surface area contributed by atoms with Crippen LogP contribution in [0.3, 0.4) is 0 Å². The standard InChI is InChI=1S/C19H33N5O.HI/c1-4-10-24-11-8-17(9-12-24)23-19(20-3)22-15-16-6-7-18(21-14-16)25-13-5-2;/h6-7,14,17H,4-5,8-13,15H2,1-3H3,(H2,20,22,23);1H. The first-order valence-electron chi connectivity index (χ1n) is 9.52. The Labute approximate surface area is 175 Å². The highest BCUT2D eigenvalue weighted by molar-refractivity contribution is 14.0. The molecule has 2 heterocycles. The SMILES string of the molecule is CCCOc1ccc(CNC(=NC)NC2CCN(CCC)CC2)cn1.I. The zero-order chi connectivity index (χ0) is 17.9. The van der Waals surface area contributed by atoms with E-state index in [1.165, 1.54) is 38.9 Å². The Morgan fingerprint density at radius 2 is 2.04 bits per heavy atom. The summed E-state index contributed by atoms with van der Waals surface area (Å²) in [5.74, 6) is 1.55. The van der Waals surface area contributed by atoms with Crippen molar-refractivity contribution in [3.05, 3.63) is 23.9 Å². The number of aromatic nitrogens is 1. The van der Waals surface area contributed by atoms with Crippen molar-refractivity contribution in [1.29, 1.82) is 0 Å². The molecule has 0 spiro atoms. The number of ether oxygens (including phenoxy) is 1. The quantitative estimate of drug-likeness (QED) is 0.344. The number of hydrogen-bond donors (Lipinski definition) is 2. The molecule has 1 aliphatic heterocycles. The number of pyridine rings is 1. The predicted molar refractivity (Wildman–Crippen MR) is 119 cm³/mol. The lowest BCUT2D eigenvalue weighted by molar-refractivity contribution is 0.206. The normalized spacial score (nSPS) is 16.0. The van der Waals surface area contributed by atoms with Crippen molar-refractivity contribution in [1.82, 2.24) is 20.5 Å². The van der Waals surface area contributed by atoms with Crippen LogP contribution in [-0.2, 0) is 6.54 Å². The van der Waals surface area contributed by atoms with Crippen LogP contribution in [0.2, 0.25) is 0 Å². The number of aliphatic imine (C=N–C) groups is 1. The predicted octanol–water partition coefficient (Wildman–Crippen LogP) is 3.03. The molecule has 0 radical (unpaired) electrons. The van der Waals surface area contributed by atoms with Gasteiger partial charge in [-0.25, -0.2) is 4.98 Å². The highest BCUT2D eigenvalue weighted by atomic mass is 127. The third-order valence-electron chi connectivity index (χ3n) is 4.40. The van der Waals surface area contributed by atoms with Crippen LogP contribution in [0, 0.1) is 0 Å². The summed E-state index contributed by atoms with van der Waals surface area (Å²) < 4.78 is 5.51. The summed E-state index contributed by atoms with van der Waals surface area (Å²) in [6.45, 7) is 9.30. The highest BCUT2D eigenvalue weighted by Crippen LogP contribution is 2.11. The van der Waals surface area contributed by atoms with Crippen molar-refractivity contribution < 1.29 is 4.74 Å². The van der Waals surface area contributed by atoms with Crippen LogP contribution in [0.15, 0.2) is 23.3 Å². The van der Waals surface area contributed by atoms with Gasteiger partial charge in [-0.2, -0.15) is 0 Å². The van der Waals surface area contributed by atoms with Crippen LogP contribution in [0.5, 0.6) is 5.88 Å². The molecule has 0 saturated carbocycles. The smallest absolute Gasteiger partial charge is 0.213 e. The largest absolute Gasteiger partial charge is 0.478 e. The van der Waals surface area contributed by atoms with E-state index in [4.69, 9.17) is 4.74 Å². The molecule has 0 amide bonds. The van der Waals surface area contributed by atoms with Gasteiger partial charge in [-0.3, -0.25) is 4.99 Å². The van der Waals surface area contributed by atoms with Gasteiger partial charge in [0.1, 0.15) is 0 Å². The first-order chi connectivity index (χ1) is 12.2. The monoisotopic (exact) mass is 475 g/mol. The van der Waals surface area contributed by atoms with Gasteiger partial charge in [0.15, 0.2) is 5.96 Å². The molecule has 0 aliphatic carbocycles. The van der Waals surface area contributed by atoms with E-state index in [1.807, 2.05) is 25.4 Å². The Morgan fingerprint density at radius 3 is 2.62 bits per heavy atom. The van der Waals surface area contributed by atoms with Crippen molar-refractivity contribution in [3.63, 3.8) is 0 Å². The fourth-order valence-corrected chi connectivity index (χ4v) is 3.00. The number of rotatable bonds is 8. The molecule has 7 heteroatoms. The van der Waals surface area contributed by atoms with E-state index in [2.05, 4.69) is 39.4 Å². The minimum atomic E-state index is 0. The summed E-state index contributed by atoms with van der Waals surface area (Å²) in [6.07, 6.45) is 6.42. The molecular weight excluding hydrogens is 441 g/mol. The zero-order valence-electron chi connectivity index (χ0n) is 16.3. The second-order valence-electron chi connectivity index (χ2n) is 6.54. The van der Waals surface area contributed by atoms with Crippen molar-refractivity contribution in [3.8, 4) is 5.88 Å². The number of nitrogens with one attached hydrogen (secondary N) is 2. The van der Waals surface area contributed by atoms with Gasteiger partial charge in [0.25, 0.3) is 0 Å². The maximum Gasteiger partial charge on any atom is 0.213 e. The van der Waals surface area contributed by atoms with Gasteiger partial charge in [-0.1, -0.05) is 19.9 Å². The van der Waals surface area contributed by atoms with Crippen LogP contribution in [-0.4, -0.2) is 55.2 Å². The Bertz CT molecular complexity index is 515. The third-order valence-corrected chi connectivity index (χ3v) is 4.40. The highest BCUT2D eigenvalue weighted by Gasteiger charge is 2.19. The lowest BCUT2D eigenvalue weighted by Gasteiger charge is -2.32. The summed E-state index contributed by atoms with van der Waals surface area (Å²) in [5, 5.41) is 6.92. The molecule has 1 fully saturated rings. The summed E-state index contributed by atoms with van der Waals surface area (Å²) in [4.78, 5) is 11.2. The van der Waals surface area contributed by atoms with Crippen LogP contribution in [0.4, 0.5) is 0 Å². The summed E-state index contributed by atoms with van der Waals surface area (Å²) in [5.41, 5.74) is 1.12. The molecule has 148 valence electrons. The van der Waals surface area contributed by atoms with Crippen LogP contribution >= 0.6 is 24.0 Å². The molecule has 2 rings (SSSR count). The van der Waals surface area contributed by atoms with E-state index in [-0.39, 0.29) is 24.0 Å². The number of hydrogen-bond acceptors (Lipinski definition) is 4. The van der Waals surface area contributed by atoms with Crippen molar-refractivity contribution in [2.24, 2.45) is 4.99 Å². The number of guanidine groups is 1. The Kier molecular flexibility index (Phi) is 11.6. The van der Waals surface area contributed by atoms with E-state index in [0.29, 0.717) is 25.1 Å². The van der Waals surface area contributed by atoms with Crippen LogP contribution in [0.1, 0.15) is 45.1 Å². The number of piperidine rings is 1. The number of likely N-dealkylation sites (tertiary alicyclic amines) is 1. The molecule has 0 aromatic carbocycles. The molecule has 6 nitrogen and oxygen atoms in total. The molecular formula is C19H34IN5O. The van der Waals surface area contributed by atoms with Gasteiger partial charge in [0, 0.05) is 45.0 Å². The minimum Gasteiger partial charge on any atom is -0.478 e. The zero-order valence-corrected chi connectivity index (χ0v) is 18.7. The Hall–Kier alpha value is -1.09. The fourth-order valence-electron chi connectivity index (χ4n) is 3.00. The van der Waals surface area contributed by atoms with E-state index in [9.17, 15) is 0 Å². The second-order valence-corrected chi connectivity index (χ2v) is 6.54. The summed E-state index contributed by atoms with van der Waals surface area (Å²) in [7, 11) is 1.82. The molecule has 1 saturated heterocycles. The van der Waals surface area contributed by atoms with Gasteiger partial charge in [0.2, 0.25) is 5.88 Å². The van der Waals surface area contributed by atoms with Crippen molar-refractivity contribution >= 4 is 29.9 Å². The Balaban J connectivity index is 0.00000338. The van der Waals surface area contributed by atoms with Gasteiger partial charge in [-0.05, 0) is 37.8 Å². The van der Waals surface area contributed by atoms with E-state index < -0.39 is 0 Å². The van der Waals surface area contributed by atoms with Crippen LogP contribution in [0.25, 0.3) is 0 Å². The average Bonchev–Trinajstić information content (AvgIpc) is 2.66. The fraction of sp³-hybridized carbons (Fsp3) is 0.684. The van der Waals surface area contributed by atoms with Crippen molar-refractivity contribution in [2.45, 2.75) is 52.1 Å². The number of nitrogens with zero attached hydrogens (tertiary/aromatic N) is 3. The topological polar surface area (TPSA) is 61.8 Å². The average molecular weight is 475 g/mol. The van der Waals surface area contributed by atoms with Crippen LogP contribution < -0.4 is 15.4 Å². The minimum absolute atomic E-state index is 0. The van der Waals surface area contributed by atoms with Gasteiger partial charge in [-0.15, -0.1) is 24.0 Å². The van der Waals surface area contributed by atoms with Crippen molar-refractivity contribution in [2.75, 3.05) is 33.3 Å². The van der Waals surface area contributed by atoms with Gasteiger partial charge >= 0.3 is 0 Å². The molecule has 26 heavy (non-hydrogen) atoms. The summed E-state index contributed by atoms with van der Waals surface area (Å²) >= 11 is 0. The first-order valence-corrected chi connectivity index (χ1v) is 9.52. The molecule has 0 bridgehead atoms. The number of halogens is 1. The maximum absolute atomic E-state index is 5.51. The summed E-state index contributed by atoms with van der Waals surface area (Å²) in [6, 6.07) is 4.47. The second kappa shape index (κ2) is 13.1. The lowest BCUT2D eigenvalue weighted by atomic mass is 10.1. The van der Waals surface area contributed by atoms with E-state index >= 15 is 0 Å². The van der Waals surface area contributed by atoms with E-state index in [1.54, 1.807) is 0 Å². The van der Waals surface area contributed by atoms with Gasteiger partial charge < -0.3 is 20.3 Å². The molecule has 0 atom stereocenters.